The van der Waals surface area contributed by atoms with Crippen molar-refractivity contribution in [3.05, 3.63) is 36.5 Å². The van der Waals surface area contributed by atoms with E-state index in [2.05, 4.69) is 43.5 Å². The molecule has 0 aliphatic carbocycles. The number of unbranched alkanes of at least 4 members (excludes halogenated alkanes) is 14. The van der Waals surface area contributed by atoms with Gasteiger partial charge in [0.2, 0.25) is 5.91 Å². The zero-order valence-electron chi connectivity index (χ0n) is 24.3. The van der Waals surface area contributed by atoms with Crippen LogP contribution in [0, 0.1) is 0 Å². The third-order valence-corrected chi connectivity index (χ3v) is 7.32. The molecule has 0 aromatic heterocycles. The molecular formula is C31H57NO5S. The molecule has 2 atom stereocenters. The summed E-state index contributed by atoms with van der Waals surface area (Å²) in [5, 5.41) is 13.0. The first-order chi connectivity index (χ1) is 18.3. The molecule has 0 saturated heterocycles. The van der Waals surface area contributed by atoms with Gasteiger partial charge in [0.15, 0.2) is 0 Å². The molecule has 0 spiro atoms. The number of rotatable bonds is 26. The van der Waals surface area contributed by atoms with Crippen molar-refractivity contribution in [2.45, 2.75) is 148 Å². The Morgan fingerprint density at radius 3 is 1.74 bits per heavy atom. The van der Waals surface area contributed by atoms with Crippen LogP contribution in [0.5, 0.6) is 0 Å². The molecule has 0 aliphatic heterocycles. The van der Waals surface area contributed by atoms with Gasteiger partial charge in [-0.25, -0.2) is 0 Å². The molecule has 0 aromatic carbocycles. The van der Waals surface area contributed by atoms with Gasteiger partial charge in [-0.1, -0.05) is 115 Å². The van der Waals surface area contributed by atoms with Gasteiger partial charge >= 0.3 is 0 Å². The molecule has 0 radical (unpaired) electrons. The normalized spacial score (nSPS) is 14.1. The maximum absolute atomic E-state index is 12.3. The predicted octanol–water partition coefficient (Wildman–Crippen LogP) is 7.84. The average Bonchev–Trinajstić information content (AvgIpc) is 2.86. The summed E-state index contributed by atoms with van der Waals surface area (Å²) in [5.41, 5.74) is 0. The highest BCUT2D eigenvalue weighted by molar-refractivity contribution is 7.85. The number of carbonyl (C=O) groups is 1. The van der Waals surface area contributed by atoms with E-state index in [4.69, 9.17) is 0 Å². The van der Waals surface area contributed by atoms with Gasteiger partial charge in [-0.3, -0.25) is 9.35 Å². The number of hydrogen-bond donors (Lipinski definition) is 3. The number of allylic oxidation sites excluding steroid dienone is 5. The van der Waals surface area contributed by atoms with E-state index < -0.39 is 28.0 Å². The highest BCUT2D eigenvalue weighted by Gasteiger charge is 2.24. The third-order valence-electron chi connectivity index (χ3n) is 6.54. The minimum atomic E-state index is -4.34. The van der Waals surface area contributed by atoms with Crippen molar-refractivity contribution in [1.82, 2.24) is 5.32 Å². The Balaban J connectivity index is 4.08. The molecule has 0 rings (SSSR count). The number of carbonyl (C=O) groups excluding carboxylic acids is 1. The van der Waals surface area contributed by atoms with Crippen molar-refractivity contribution in [3.63, 3.8) is 0 Å². The summed E-state index contributed by atoms with van der Waals surface area (Å²) < 4.78 is 32.0. The lowest BCUT2D eigenvalue weighted by Crippen LogP contribution is -2.46. The smallest absolute Gasteiger partial charge is 0.267 e. The van der Waals surface area contributed by atoms with Crippen molar-refractivity contribution in [1.29, 1.82) is 0 Å². The number of hydrogen-bond acceptors (Lipinski definition) is 4. The lowest BCUT2D eigenvalue weighted by atomic mass is 10.1. The summed E-state index contributed by atoms with van der Waals surface area (Å²) in [5.74, 6) is -1.02. The van der Waals surface area contributed by atoms with Crippen molar-refractivity contribution in [2.24, 2.45) is 0 Å². The second-order valence-corrected chi connectivity index (χ2v) is 11.9. The minimum Gasteiger partial charge on any atom is -0.387 e. The largest absolute Gasteiger partial charge is 0.387 e. The second-order valence-electron chi connectivity index (χ2n) is 10.4. The summed E-state index contributed by atoms with van der Waals surface area (Å²) in [7, 11) is -4.34. The van der Waals surface area contributed by atoms with E-state index in [1.807, 2.05) is 0 Å². The Morgan fingerprint density at radius 2 is 1.16 bits per heavy atom. The highest BCUT2D eigenvalue weighted by atomic mass is 32.2. The molecule has 0 bridgehead atoms. The van der Waals surface area contributed by atoms with Crippen LogP contribution in [0.3, 0.4) is 0 Å². The number of amides is 1. The van der Waals surface area contributed by atoms with E-state index in [9.17, 15) is 22.9 Å². The Labute approximate surface area is 234 Å². The first-order valence-electron chi connectivity index (χ1n) is 15.2. The molecule has 3 N–H and O–H groups in total. The van der Waals surface area contributed by atoms with E-state index in [0.29, 0.717) is 12.8 Å². The number of nitrogens with one attached hydrogen (secondary N) is 1. The maximum Gasteiger partial charge on any atom is 0.267 e. The molecule has 0 heterocycles. The van der Waals surface area contributed by atoms with Crippen molar-refractivity contribution in [3.8, 4) is 0 Å². The first-order valence-corrected chi connectivity index (χ1v) is 16.8. The van der Waals surface area contributed by atoms with Crippen LogP contribution in [0.4, 0.5) is 0 Å². The molecule has 0 fully saturated rings. The standard InChI is InChI=1S/C31H57NO5S/c1-3-5-7-9-11-13-14-15-16-17-18-19-21-23-25-27-31(34)32-29(28-38(35,36)37)30(33)26-24-22-20-12-10-8-6-4-2/h10,12,15-16,24,26,29-30,33H,3-9,11,13-14,17-23,25,27-28H2,1-2H3,(H,32,34)(H,35,36,37)/b12-10+,16-15-,26-24+. The van der Waals surface area contributed by atoms with Crippen LogP contribution >= 0.6 is 0 Å². The Hall–Kier alpha value is -1.44. The SMILES string of the molecule is CCCC/C=C/CC/C=C/C(O)C(CS(=O)(=O)O)NC(=O)CCCCCCC/C=C\CCCCCCCC. The van der Waals surface area contributed by atoms with Gasteiger partial charge in [0.1, 0.15) is 0 Å². The fourth-order valence-corrected chi connectivity index (χ4v) is 4.94. The Morgan fingerprint density at radius 1 is 0.684 bits per heavy atom. The molecule has 0 aliphatic rings. The summed E-state index contributed by atoms with van der Waals surface area (Å²) in [4.78, 5) is 12.3. The van der Waals surface area contributed by atoms with Gasteiger partial charge in [-0.2, -0.15) is 8.42 Å². The average molecular weight is 556 g/mol. The molecule has 6 nitrogen and oxygen atoms in total. The zero-order chi connectivity index (χ0) is 28.3. The van der Waals surface area contributed by atoms with Crippen molar-refractivity contribution >= 4 is 16.0 Å². The summed E-state index contributed by atoms with van der Waals surface area (Å²) in [6.07, 6.45) is 31.4. The molecule has 0 saturated carbocycles. The molecular weight excluding hydrogens is 498 g/mol. The van der Waals surface area contributed by atoms with Crippen LogP contribution in [-0.2, 0) is 14.9 Å². The molecule has 2 unspecified atom stereocenters. The zero-order valence-corrected chi connectivity index (χ0v) is 25.1. The minimum absolute atomic E-state index is 0.277. The van der Waals surface area contributed by atoms with Crippen LogP contribution in [0.2, 0.25) is 0 Å². The summed E-state index contributed by atoms with van der Waals surface area (Å²) in [6.45, 7) is 4.39. The topological polar surface area (TPSA) is 104 Å². The van der Waals surface area contributed by atoms with Gasteiger partial charge < -0.3 is 10.4 Å². The van der Waals surface area contributed by atoms with E-state index in [1.165, 1.54) is 57.4 Å². The lowest BCUT2D eigenvalue weighted by Gasteiger charge is -2.21. The van der Waals surface area contributed by atoms with E-state index in [0.717, 1.165) is 51.4 Å². The maximum atomic E-state index is 12.3. The molecule has 38 heavy (non-hydrogen) atoms. The van der Waals surface area contributed by atoms with Gasteiger partial charge in [-0.05, 0) is 51.4 Å². The fraction of sp³-hybridized carbons (Fsp3) is 0.774. The molecule has 1 amide bonds. The molecule has 222 valence electrons. The lowest BCUT2D eigenvalue weighted by molar-refractivity contribution is -0.122. The van der Waals surface area contributed by atoms with E-state index in [-0.39, 0.29) is 12.3 Å². The van der Waals surface area contributed by atoms with Gasteiger partial charge in [0.25, 0.3) is 10.1 Å². The monoisotopic (exact) mass is 555 g/mol. The summed E-state index contributed by atoms with van der Waals surface area (Å²) in [6, 6.07) is -1.07. The van der Waals surface area contributed by atoms with Crippen LogP contribution < -0.4 is 5.32 Å². The summed E-state index contributed by atoms with van der Waals surface area (Å²) >= 11 is 0. The van der Waals surface area contributed by atoms with Crippen molar-refractivity contribution < 1.29 is 22.9 Å². The second kappa shape index (κ2) is 25.8. The number of aliphatic hydroxyl groups is 1. The quantitative estimate of drug-likeness (QED) is 0.0573. The van der Waals surface area contributed by atoms with Crippen LogP contribution in [0.1, 0.15) is 136 Å². The first kappa shape index (κ1) is 36.6. The Kier molecular flexibility index (Phi) is 24.8. The third kappa shape index (κ3) is 26.2. The Bertz CT molecular complexity index is 745. The highest BCUT2D eigenvalue weighted by Crippen LogP contribution is 2.11. The molecule has 7 heteroatoms. The molecule has 0 aromatic rings. The van der Waals surface area contributed by atoms with Gasteiger partial charge in [-0.15, -0.1) is 0 Å². The predicted molar refractivity (Wildman–Crippen MR) is 161 cm³/mol. The van der Waals surface area contributed by atoms with E-state index >= 15 is 0 Å². The van der Waals surface area contributed by atoms with Gasteiger partial charge in [0.05, 0.1) is 17.9 Å². The number of aliphatic hydroxyl groups excluding tert-OH is 1. The van der Waals surface area contributed by atoms with Crippen LogP contribution in [-0.4, -0.2) is 41.9 Å². The van der Waals surface area contributed by atoms with Crippen molar-refractivity contribution in [2.75, 3.05) is 5.75 Å². The van der Waals surface area contributed by atoms with Crippen LogP contribution in [0.15, 0.2) is 36.5 Å². The van der Waals surface area contributed by atoms with Gasteiger partial charge in [0, 0.05) is 6.42 Å². The van der Waals surface area contributed by atoms with Crippen LogP contribution in [0.25, 0.3) is 0 Å². The van der Waals surface area contributed by atoms with E-state index in [1.54, 1.807) is 6.08 Å². The fourth-order valence-electron chi connectivity index (χ4n) is 4.21.